The first kappa shape index (κ1) is 229. The molecule has 0 aliphatic carbocycles. The zero-order chi connectivity index (χ0) is 72.0. The lowest BCUT2D eigenvalue weighted by Crippen LogP contribution is -1.95. The summed E-state index contributed by atoms with van der Waals surface area (Å²) >= 11 is 0. The summed E-state index contributed by atoms with van der Waals surface area (Å²) in [4.78, 5) is 88.0. The largest absolute Gasteiger partial charge is 0.397 e. The van der Waals surface area contributed by atoms with Crippen molar-refractivity contribution in [3.05, 3.63) is 0 Å². The number of carbonyl (C=O) groups excluding carboxylic acids is 11. The van der Waals surface area contributed by atoms with Gasteiger partial charge in [0.2, 0.25) is 0 Å². The maximum atomic E-state index is 10.4. The van der Waals surface area contributed by atoms with Gasteiger partial charge in [-0.05, 0) is 78.8 Å². The summed E-state index contributed by atoms with van der Waals surface area (Å²) in [6.45, 7) is 73.8. The zero-order valence-electron chi connectivity index (χ0n) is 60.9. The molecule has 0 bridgehead atoms. The van der Waals surface area contributed by atoms with Gasteiger partial charge < -0.3 is 123 Å². The Kier molecular flexibility index (Phi) is 2010. The van der Waals surface area contributed by atoms with Crippen LogP contribution in [0.25, 0.3) is 0 Å². The fourth-order valence-electron chi connectivity index (χ4n) is 0. The molecule has 0 aromatic carbocycles. The molecule has 0 unspecified atom stereocenters. The van der Waals surface area contributed by atoms with E-state index in [1.807, 2.05) is 102 Å². The van der Waals surface area contributed by atoms with Crippen molar-refractivity contribution >= 4 is 74.7 Å². The number of hydrogen-bond acceptors (Lipinski definition) is 23. The summed E-state index contributed by atoms with van der Waals surface area (Å²) in [6.07, 6.45) is 5.03. The maximum absolute atomic E-state index is 10.4. The van der Waals surface area contributed by atoms with Gasteiger partial charge in [-0.25, -0.2) is 0 Å². The van der Waals surface area contributed by atoms with Crippen LogP contribution < -0.4 is 65.2 Å². The molecule has 536 valence electrons. The quantitative estimate of drug-likeness (QED) is 0.122. The van der Waals surface area contributed by atoms with Crippen LogP contribution in [-0.4, -0.2) is 135 Å². The molecule has 0 atom stereocenters. The Labute approximate surface area is 512 Å². The molecule has 28 N–H and O–H groups in total. The van der Waals surface area contributed by atoms with E-state index in [0.29, 0.717) is 0 Å². The molecule has 23 nitrogen and oxygen atoms in total. The van der Waals surface area contributed by atoms with Gasteiger partial charge in [-0.2, -0.15) is 13.2 Å². The van der Waals surface area contributed by atoms with Crippen LogP contribution in [0, 0.1) is 29.6 Å². The van der Waals surface area contributed by atoms with Crippen molar-refractivity contribution in [3.63, 3.8) is 0 Å². The van der Waals surface area contributed by atoms with Crippen LogP contribution in [-0.2, 0) is 52.7 Å². The highest BCUT2D eigenvalue weighted by Gasteiger charge is 2.15. The molecule has 82 heavy (non-hydrogen) atoms. The number of nitrogens with two attached hydrogens (primary N) is 6. The van der Waals surface area contributed by atoms with Gasteiger partial charge in [0, 0.05) is 13.5 Å². The second kappa shape index (κ2) is 721. The van der Waals surface area contributed by atoms with Crippen LogP contribution >= 0.6 is 0 Å². The van der Waals surface area contributed by atoms with E-state index in [2.05, 4.69) is 166 Å². The molecule has 26 heteroatoms. The third-order valence-electron chi connectivity index (χ3n) is 4.08. The molecule has 0 amide bonds. The molecule has 0 saturated heterocycles. The fraction of sp³-hybridized carbons (Fsp3) is 0.804. The minimum Gasteiger partial charge on any atom is -0.397 e. The average molecular weight is 1240 g/mol. The second-order valence-electron chi connectivity index (χ2n) is 11.5. The number of hydrogen-bond donors (Lipinski definition) is 12. The van der Waals surface area contributed by atoms with Gasteiger partial charge in [-0.3, -0.25) is 0 Å². The van der Waals surface area contributed by atoms with E-state index in [-0.39, 0.29) is 44.3 Å². The average Bonchev–Trinajstić information content (AvgIpc) is 3.51. The molecular formula is C56H164F3N11O12. The van der Waals surface area contributed by atoms with Gasteiger partial charge in [0.25, 0.3) is 0 Å². The van der Waals surface area contributed by atoms with Crippen molar-refractivity contribution in [1.29, 1.82) is 0 Å². The first-order valence-corrected chi connectivity index (χ1v) is 24.9. The molecular weight excluding hydrogens is 1080 g/mol. The standard InChI is InChI=1S/5C5H12.2C3H8.C2H3F3.C2H6O.2C2H6.6CH5N.11CH2O.5H3N/c5*1-4-5(2)3;2*1-3-2;1-2(3,4)5;1-2-3;19*1-2;;;;;/h5*5H,4H2,1-3H3;2*3H2,1-2H3;1H3;3H,2H2,1H3;2*1-2H3;6*2H2,1H3;11*1H2;5*1H3. The first-order valence-electron chi connectivity index (χ1n) is 24.9. The fourth-order valence-corrected chi connectivity index (χ4v) is 0. The summed E-state index contributed by atoms with van der Waals surface area (Å²) in [5.41, 5.74) is 27.0. The molecule has 0 spiro atoms. The zero-order valence-corrected chi connectivity index (χ0v) is 60.9. The molecule has 0 aromatic rings. The van der Waals surface area contributed by atoms with Crippen LogP contribution in [0.5, 0.6) is 0 Å². The van der Waals surface area contributed by atoms with Gasteiger partial charge >= 0.3 is 6.18 Å². The summed E-state index contributed by atoms with van der Waals surface area (Å²) in [5, 5.41) is 7.57. The summed E-state index contributed by atoms with van der Waals surface area (Å²) in [5.74, 6) is 4.42. The summed E-state index contributed by atoms with van der Waals surface area (Å²) in [7, 11) is 9.00. The van der Waals surface area contributed by atoms with E-state index >= 15 is 0 Å². The lowest BCUT2D eigenvalue weighted by molar-refractivity contribution is -0.110. The van der Waals surface area contributed by atoms with Crippen LogP contribution in [0.3, 0.4) is 0 Å². The van der Waals surface area contributed by atoms with Gasteiger partial charge in [0.05, 0.1) is 0 Å². The lowest BCUT2D eigenvalue weighted by Gasteiger charge is -1.90. The Morgan fingerprint density at radius 1 is 0.280 bits per heavy atom. The van der Waals surface area contributed by atoms with Gasteiger partial charge in [0.15, 0.2) is 0 Å². The van der Waals surface area contributed by atoms with Crippen molar-refractivity contribution < 1.29 is 71.0 Å². The normalized spacial score (nSPS) is 5.44. The van der Waals surface area contributed by atoms with Crippen molar-refractivity contribution in [2.75, 3.05) is 48.9 Å². The van der Waals surface area contributed by atoms with Gasteiger partial charge in [0.1, 0.15) is 74.7 Å². The molecule has 0 fully saturated rings. The Balaban J connectivity index is -0.00000000988. The molecule has 0 rings (SSSR count). The highest BCUT2D eigenvalue weighted by molar-refractivity contribution is 5.12. The highest BCUT2D eigenvalue weighted by atomic mass is 19.4. The van der Waals surface area contributed by atoms with E-state index in [4.69, 9.17) is 57.8 Å². The number of aliphatic hydroxyl groups is 1. The number of alkyl halides is 3. The lowest BCUT2D eigenvalue weighted by atomic mass is 10.2. The van der Waals surface area contributed by atoms with E-state index in [9.17, 15) is 13.2 Å². The Morgan fingerprint density at radius 2 is 0.293 bits per heavy atom. The molecule has 0 heterocycles. The van der Waals surface area contributed by atoms with Crippen molar-refractivity contribution in [3.8, 4) is 0 Å². The predicted molar refractivity (Wildman–Crippen MR) is 369 cm³/mol. The van der Waals surface area contributed by atoms with Crippen LogP contribution in [0.1, 0.15) is 218 Å². The minimum absolute atomic E-state index is 0. The van der Waals surface area contributed by atoms with Crippen LogP contribution in [0.4, 0.5) is 13.2 Å². The SMILES string of the molecule is C=O.C=O.C=O.C=O.C=O.C=O.C=O.C=O.C=O.C=O.C=O.CC.CC.CC(F)(F)F.CCC.CCC.CCC(C)C.CCC(C)C.CCC(C)C.CCC(C)C.CCC(C)C.CCO.CN.CN.CN.CN.CN.CN.N.N.N.N.N. The minimum atomic E-state index is -4.00. The Hall–Kier alpha value is -4.32. The molecule has 0 aliphatic heterocycles. The maximum Gasteiger partial charge on any atom is 0.386 e. The van der Waals surface area contributed by atoms with Crippen molar-refractivity contribution in [2.45, 2.75) is 224 Å². The van der Waals surface area contributed by atoms with Crippen LogP contribution in [0.15, 0.2) is 0 Å². The number of aliphatic hydroxyl groups excluding tert-OH is 1. The van der Waals surface area contributed by atoms with Gasteiger partial charge in [-0.15, -0.1) is 0 Å². The van der Waals surface area contributed by atoms with E-state index in [1.54, 1.807) is 6.92 Å². The van der Waals surface area contributed by atoms with Gasteiger partial charge in [-0.1, -0.05) is 204 Å². The number of carbonyl (C=O) groups is 11. The van der Waals surface area contributed by atoms with Crippen molar-refractivity contribution in [1.82, 2.24) is 30.8 Å². The Morgan fingerprint density at radius 3 is 0.293 bits per heavy atom. The van der Waals surface area contributed by atoms with E-state index in [0.717, 1.165) is 29.6 Å². The molecule has 0 aromatic heterocycles. The third kappa shape index (κ3) is 13100. The first-order chi connectivity index (χ1) is 36.6. The molecule has 0 aliphatic rings. The van der Waals surface area contributed by atoms with E-state index < -0.39 is 6.18 Å². The van der Waals surface area contributed by atoms with Crippen LogP contribution in [0.2, 0.25) is 0 Å². The smallest absolute Gasteiger partial charge is 0.386 e. The summed E-state index contributed by atoms with van der Waals surface area (Å²) < 4.78 is 31.1. The Bertz CT molecular complexity index is 421. The summed E-state index contributed by atoms with van der Waals surface area (Å²) in [6, 6.07) is 0. The molecule has 0 saturated carbocycles. The monoisotopic (exact) mass is 1240 g/mol. The topological polar surface area (TPSA) is 539 Å². The number of rotatable bonds is 5. The van der Waals surface area contributed by atoms with E-state index in [1.165, 1.54) is 87.2 Å². The molecule has 0 radical (unpaired) electrons. The highest BCUT2D eigenvalue weighted by Crippen LogP contribution is 2.10. The third-order valence-corrected chi connectivity index (χ3v) is 4.08. The van der Waals surface area contributed by atoms with Crippen molar-refractivity contribution in [2.24, 2.45) is 64.0 Å². The predicted octanol–water partition coefficient (Wildman–Crippen LogP) is 12.9. The second-order valence-corrected chi connectivity index (χ2v) is 11.5. The number of halogens is 3.